The molecule has 1 aliphatic rings. The summed E-state index contributed by atoms with van der Waals surface area (Å²) < 4.78 is 17.3. The molecule has 1 aliphatic carbocycles. The fourth-order valence-electron chi connectivity index (χ4n) is 5.02. The highest BCUT2D eigenvalue weighted by Crippen LogP contribution is 2.27. The van der Waals surface area contributed by atoms with E-state index < -0.39 is 0 Å². The molecule has 9 heteroatoms. The number of nitrogens with one attached hydrogen (secondary N) is 2. The van der Waals surface area contributed by atoms with E-state index in [1.54, 1.807) is 12.4 Å². The number of hydrogen-bond acceptors (Lipinski definition) is 6. The lowest BCUT2D eigenvalue weighted by Crippen LogP contribution is -2.34. The van der Waals surface area contributed by atoms with E-state index in [4.69, 9.17) is 0 Å². The van der Waals surface area contributed by atoms with Crippen LogP contribution in [0.25, 0.3) is 16.4 Å². The molecular weight excluding hydrogens is 457 g/mol. The minimum absolute atomic E-state index is 0.159. The van der Waals surface area contributed by atoms with Crippen LogP contribution >= 0.6 is 0 Å². The van der Waals surface area contributed by atoms with Crippen molar-refractivity contribution >= 4 is 27.9 Å². The second kappa shape index (κ2) is 9.67. The molecule has 36 heavy (non-hydrogen) atoms. The van der Waals surface area contributed by atoms with Crippen molar-refractivity contribution in [3.63, 3.8) is 0 Å². The SMILES string of the molecule is O[C@H]1CC[C@H](NCc2ccn3ncnc(Nc4ccc5c(cnn5Cc5cccc(F)c5)c4)c23)CC1. The fourth-order valence-corrected chi connectivity index (χ4v) is 5.02. The van der Waals surface area contributed by atoms with E-state index in [0.29, 0.717) is 19.1 Å². The van der Waals surface area contributed by atoms with Crippen LogP contribution in [-0.4, -0.2) is 41.6 Å². The first kappa shape index (κ1) is 22.6. The molecule has 0 amide bonds. The monoisotopic (exact) mass is 485 g/mol. The molecule has 3 aromatic heterocycles. The van der Waals surface area contributed by atoms with Crippen LogP contribution in [0.2, 0.25) is 0 Å². The molecule has 1 saturated carbocycles. The predicted octanol–water partition coefficient (Wildman–Crippen LogP) is 4.40. The summed E-state index contributed by atoms with van der Waals surface area (Å²) in [6.07, 6.45) is 8.84. The molecule has 2 aromatic carbocycles. The Hall–Kier alpha value is -3.82. The van der Waals surface area contributed by atoms with Crippen molar-refractivity contribution in [3.8, 4) is 0 Å². The second-order valence-electron chi connectivity index (χ2n) is 9.46. The lowest BCUT2D eigenvalue weighted by atomic mass is 9.93. The van der Waals surface area contributed by atoms with Gasteiger partial charge in [0.1, 0.15) is 17.7 Å². The number of aliphatic hydroxyl groups is 1. The van der Waals surface area contributed by atoms with Gasteiger partial charge in [0.2, 0.25) is 0 Å². The zero-order valence-corrected chi connectivity index (χ0v) is 19.8. The molecule has 0 atom stereocenters. The summed E-state index contributed by atoms with van der Waals surface area (Å²) in [7, 11) is 0. The number of anilines is 2. The molecule has 0 bridgehead atoms. The number of hydrogen-bond donors (Lipinski definition) is 3. The van der Waals surface area contributed by atoms with Crippen LogP contribution < -0.4 is 10.6 Å². The maximum Gasteiger partial charge on any atom is 0.158 e. The molecule has 0 radical (unpaired) electrons. The van der Waals surface area contributed by atoms with Gasteiger partial charge in [-0.3, -0.25) is 4.68 Å². The van der Waals surface area contributed by atoms with Crippen LogP contribution in [0.1, 0.15) is 36.8 Å². The Labute approximate surface area is 207 Å². The standard InChI is InChI=1S/C27H28FN7O/c28-21-3-1-2-18(12-21)16-35-25-9-6-23(13-20(25)15-31-35)33-27-26-19(10-11-34(26)32-17-30-27)14-29-22-4-7-24(36)8-5-22/h1-3,6,9-13,15,17,22,24,29,36H,4-5,7-8,14,16H2,(H,30,32,33)/t22-,24-. The van der Waals surface area contributed by atoms with Crippen LogP contribution in [0.5, 0.6) is 0 Å². The minimum atomic E-state index is -0.246. The summed E-state index contributed by atoms with van der Waals surface area (Å²) >= 11 is 0. The number of nitrogens with zero attached hydrogens (tertiary/aromatic N) is 5. The van der Waals surface area contributed by atoms with E-state index in [2.05, 4.69) is 31.9 Å². The Morgan fingerprint density at radius 2 is 1.92 bits per heavy atom. The van der Waals surface area contributed by atoms with E-state index in [9.17, 15) is 9.50 Å². The number of benzene rings is 2. The molecule has 8 nitrogen and oxygen atoms in total. The first-order chi connectivity index (χ1) is 17.6. The second-order valence-corrected chi connectivity index (χ2v) is 9.46. The zero-order valence-electron chi connectivity index (χ0n) is 19.8. The first-order valence-corrected chi connectivity index (χ1v) is 12.3. The third kappa shape index (κ3) is 4.67. The number of rotatable bonds is 7. The molecule has 1 fully saturated rings. The van der Waals surface area contributed by atoms with Crippen molar-refractivity contribution in [2.45, 2.75) is 50.9 Å². The smallest absolute Gasteiger partial charge is 0.158 e. The average molecular weight is 486 g/mol. The van der Waals surface area contributed by atoms with Gasteiger partial charge in [-0.1, -0.05) is 12.1 Å². The van der Waals surface area contributed by atoms with Gasteiger partial charge in [-0.2, -0.15) is 10.2 Å². The molecule has 3 N–H and O–H groups in total. The van der Waals surface area contributed by atoms with Gasteiger partial charge in [-0.05, 0) is 73.2 Å². The van der Waals surface area contributed by atoms with Crippen LogP contribution in [0.3, 0.4) is 0 Å². The number of aliphatic hydroxyl groups excluding tert-OH is 1. The van der Waals surface area contributed by atoms with Crippen molar-refractivity contribution in [2.75, 3.05) is 5.32 Å². The molecule has 3 heterocycles. The van der Waals surface area contributed by atoms with Gasteiger partial charge < -0.3 is 15.7 Å². The Kier molecular flexibility index (Phi) is 6.08. The average Bonchev–Trinajstić information content (AvgIpc) is 3.48. The minimum Gasteiger partial charge on any atom is -0.393 e. The lowest BCUT2D eigenvalue weighted by molar-refractivity contribution is 0.116. The summed E-state index contributed by atoms with van der Waals surface area (Å²) in [4.78, 5) is 4.53. The van der Waals surface area contributed by atoms with Gasteiger partial charge in [0.15, 0.2) is 5.82 Å². The Morgan fingerprint density at radius 1 is 1.03 bits per heavy atom. The molecule has 6 rings (SSSR count). The number of fused-ring (bicyclic) bond motifs is 2. The van der Waals surface area contributed by atoms with Gasteiger partial charge in [0, 0.05) is 29.9 Å². The predicted molar refractivity (Wildman–Crippen MR) is 137 cm³/mol. The first-order valence-electron chi connectivity index (χ1n) is 12.3. The largest absolute Gasteiger partial charge is 0.393 e. The van der Waals surface area contributed by atoms with E-state index >= 15 is 0 Å². The Balaban J connectivity index is 1.21. The fraction of sp³-hybridized carbons (Fsp3) is 0.296. The number of aromatic nitrogens is 5. The Morgan fingerprint density at radius 3 is 2.78 bits per heavy atom. The highest BCUT2D eigenvalue weighted by Gasteiger charge is 2.19. The Bertz CT molecular complexity index is 1500. The van der Waals surface area contributed by atoms with Crippen LogP contribution in [-0.2, 0) is 13.1 Å². The molecule has 5 aromatic rings. The van der Waals surface area contributed by atoms with Crippen molar-refractivity contribution in [3.05, 3.63) is 84.2 Å². The molecule has 0 unspecified atom stereocenters. The summed E-state index contributed by atoms with van der Waals surface area (Å²) in [6, 6.07) is 15.1. The van der Waals surface area contributed by atoms with Gasteiger partial charge in [-0.15, -0.1) is 0 Å². The number of halogens is 1. The van der Waals surface area contributed by atoms with Crippen molar-refractivity contribution < 1.29 is 9.50 Å². The van der Waals surface area contributed by atoms with Crippen molar-refractivity contribution in [1.29, 1.82) is 0 Å². The van der Waals surface area contributed by atoms with Crippen LogP contribution in [0.4, 0.5) is 15.9 Å². The summed E-state index contributed by atoms with van der Waals surface area (Å²) in [5.74, 6) is 0.487. The normalized spacial score (nSPS) is 18.2. The van der Waals surface area contributed by atoms with Gasteiger partial charge in [-0.25, -0.2) is 13.9 Å². The van der Waals surface area contributed by atoms with E-state index in [-0.39, 0.29) is 11.9 Å². The molecule has 184 valence electrons. The lowest BCUT2D eigenvalue weighted by Gasteiger charge is -2.26. The van der Waals surface area contributed by atoms with E-state index in [0.717, 1.165) is 64.7 Å². The highest BCUT2D eigenvalue weighted by molar-refractivity contribution is 5.85. The van der Waals surface area contributed by atoms with Gasteiger partial charge in [0.05, 0.1) is 24.4 Å². The van der Waals surface area contributed by atoms with E-state index in [1.165, 1.54) is 12.1 Å². The third-order valence-corrected chi connectivity index (χ3v) is 6.94. The summed E-state index contributed by atoms with van der Waals surface area (Å²) in [5.41, 5.74) is 4.79. The molecule has 0 spiro atoms. The quantitative estimate of drug-likeness (QED) is 0.316. The third-order valence-electron chi connectivity index (χ3n) is 6.94. The molecule has 0 aliphatic heterocycles. The highest BCUT2D eigenvalue weighted by atomic mass is 19.1. The zero-order chi connectivity index (χ0) is 24.5. The topological polar surface area (TPSA) is 92.3 Å². The van der Waals surface area contributed by atoms with Crippen LogP contribution in [0, 0.1) is 5.82 Å². The van der Waals surface area contributed by atoms with Gasteiger partial charge >= 0.3 is 0 Å². The molecular formula is C27H28FN7O. The van der Waals surface area contributed by atoms with E-state index in [1.807, 2.05) is 45.9 Å². The summed E-state index contributed by atoms with van der Waals surface area (Å²) in [5, 5.41) is 26.7. The maximum absolute atomic E-state index is 13.6. The van der Waals surface area contributed by atoms with Gasteiger partial charge in [0.25, 0.3) is 0 Å². The van der Waals surface area contributed by atoms with Crippen molar-refractivity contribution in [1.82, 2.24) is 29.7 Å². The maximum atomic E-state index is 13.6. The summed E-state index contributed by atoms with van der Waals surface area (Å²) in [6.45, 7) is 1.21. The van der Waals surface area contributed by atoms with Crippen molar-refractivity contribution in [2.24, 2.45) is 0 Å². The van der Waals surface area contributed by atoms with Crippen LogP contribution in [0.15, 0.2) is 67.3 Å². The molecule has 0 saturated heterocycles.